The van der Waals surface area contributed by atoms with E-state index < -0.39 is 21.8 Å². The summed E-state index contributed by atoms with van der Waals surface area (Å²) in [7, 11) is -4.10. The fourth-order valence-corrected chi connectivity index (χ4v) is 2.45. The van der Waals surface area contributed by atoms with E-state index in [1.54, 1.807) is 0 Å². The minimum absolute atomic E-state index is 0.00580. The quantitative estimate of drug-likeness (QED) is 0.556. The van der Waals surface area contributed by atoms with Gasteiger partial charge in [0.2, 0.25) is 11.8 Å². The first kappa shape index (κ1) is 24.8. The first-order valence-corrected chi connectivity index (χ1v) is 10.7. The zero-order chi connectivity index (χ0) is 20.6. The third kappa shape index (κ3) is 15.1. The van der Waals surface area contributed by atoms with Gasteiger partial charge in [0.1, 0.15) is 0 Å². The molecule has 0 aromatic carbocycles. The first-order valence-electron chi connectivity index (χ1n) is 9.09. The number of hydrogen-bond donors (Lipinski definition) is 2. The minimum atomic E-state index is -4.10. The van der Waals surface area contributed by atoms with Crippen LogP contribution >= 0.6 is 0 Å². The van der Waals surface area contributed by atoms with Crippen molar-refractivity contribution in [3.63, 3.8) is 0 Å². The molecule has 0 fully saturated rings. The second-order valence-corrected chi connectivity index (χ2v) is 10.7. The lowest BCUT2D eigenvalue weighted by Crippen LogP contribution is -2.37. The summed E-state index contributed by atoms with van der Waals surface area (Å²) in [6.45, 7) is 13.9. The molecule has 0 saturated carbocycles. The van der Waals surface area contributed by atoms with Crippen LogP contribution in [0.25, 0.3) is 0 Å². The molecule has 0 heterocycles. The van der Waals surface area contributed by atoms with Crippen LogP contribution in [-0.4, -0.2) is 55.1 Å². The largest absolute Gasteiger partial charge is 0.355 e. The van der Waals surface area contributed by atoms with Gasteiger partial charge >= 0.3 is 0 Å². The molecule has 8 heteroatoms. The lowest BCUT2D eigenvalue weighted by atomic mass is 9.90. The van der Waals surface area contributed by atoms with Gasteiger partial charge in [-0.25, -0.2) is 0 Å². The van der Waals surface area contributed by atoms with Gasteiger partial charge in [0.05, 0.1) is 5.75 Å². The number of amides is 2. The maximum Gasteiger partial charge on any atom is 0.266 e. The van der Waals surface area contributed by atoms with Crippen molar-refractivity contribution in [2.75, 3.05) is 25.4 Å². The second kappa shape index (κ2) is 10.3. The molecule has 0 radical (unpaired) electrons. The van der Waals surface area contributed by atoms with Crippen LogP contribution in [0.4, 0.5) is 0 Å². The molecule has 7 nitrogen and oxygen atoms in total. The summed E-state index contributed by atoms with van der Waals surface area (Å²) in [6.07, 6.45) is 1.85. The summed E-state index contributed by atoms with van der Waals surface area (Å²) in [5.74, 6) is -0.993. The Balaban J connectivity index is 4.53. The van der Waals surface area contributed by atoms with Gasteiger partial charge in [0, 0.05) is 32.5 Å². The van der Waals surface area contributed by atoms with E-state index in [2.05, 4.69) is 46.9 Å². The Morgan fingerprint density at radius 2 is 1.38 bits per heavy atom. The molecule has 0 bridgehead atoms. The van der Waals surface area contributed by atoms with Crippen molar-refractivity contribution < 1.29 is 22.6 Å². The van der Waals surface area contributed by atoms with E-state index in [0.717, 1.165) is 12.8 Å². The fraction of sp³-hybridized carbons (Fsp3) is 0.889. The Labute approximate surface area is 158 Å². The molecule has 26 heavy (non-hydrogen) atoms. The molecule has 0 unspecified atom stereocenters. The van der Waals surface area contributed by atoms with Crippen LogP contribution in [0.3, 0.4) is 0 Å². The van der Waals surface area contributed by atoms with E-state index >= 15 is 0 Å². The predicted octanol–water partition coefficient (Wildman–Crippen LogP) is 2.47. The van der Waals surface area contributed by atoms with Crippen LogP contribution in [0.15, 0.2) is 0 Å². The van der Waals surface area contributed by atoms with Gasteiger partial charge < -0.3 is 10.2 Å². The molecule has 0 saturated heterocycles. The molecular weight excluding hydrogens is 356 g/mol. The molecular formula is C18H36N2O5S. The molecule has 0 aromatic rings. The Kier molecular flexibility index (Phi) is 9.80. The van der Waals surface area contributed by atoms with Gasteiger partial charge in [-0.2, -0.15) is 8.42 Å². The molecule has 0 rings (SSSR count). The highest BCUT2D eigenvalue weighted by Crippen LogP contribution is 2.22. The summed E-state index contributed by atoms with van der Waals surface area (Å²) in [4.78, 5) is 26.1. The topological polar surface area (TPSA) is 104 Å². The van der Waals surface area contributed by atoms with E-state index in [9.17, 15) is 18.0 Å². The van der Waals surface area contributed by atoms with Crippen molar-refractivity contribution in [1.29, 1.82) is 0 Å². The summed E-state index contributed by atoms with van der Waals surface area (Å²) in [5.41, 5.74) is 0.237. The van der Waals surface area contributed by atoms with Gasteiger partial charge in [-0.3, -0.25) is 14.1 Å². The zero-order valence-electron chi connectivity index (χ0n) is 17.1. The first-order chi connectivity index (χ1) is 11.6. The lowest BCUT2D eigenvalue weighted by molar-refractivity contribution is -0.134. The molecule has 0 aliphatic rings. The second-order valence-electron chi connectivity index (χ2n) is 9.14. The third-order valence-corrected chi connectivity index (χ3v) is 4.58. The highest BCUT2D eigenvalue weighted by atomic mass is 32.2. The van der Waals surface area contributed by atoms with Crippen LogP contribution in [-0.2, 0) is 19.7 Å². The van der Waals surface area contributed by atoms with Crippen LogP contribution in [0.1, 0.15) is 67.2 Å². The van der Waals surface area contributed by atoms with Crippen molar-refractivity contribution in [2.45, 2.75) is 67.2 Å². The van der Waals surface area contributed by atoms with Crippen LogP contribution < -0.4 is 5.32 Å². The summed E-state index contributed by atoms with van der Waals surface area (Å²) in [6, 6.07) is 0. The Bertz CT molecular complexity index is 541. The number of carbonyl (C=O) groups excluding carboxylic acids is 2. The SMILES string of the molecule is CC(C)(C)CCN(CCC(C)(C)C)C(=O)CCC(=O)NCCS(=O)(=O)O. The summed E-state index contributed by atoms with van der Waals surface area (Å²) in [5, 5.41) is 2.40. The van der Waals surface area contributed by atoms with Gasteiger partial charge in [-0.05, 0) is 23.7 Å². The molecule has 0 aliphatic heterocycles. The normalized spacial score (nSPS) is 12.7. The smallest absolute Gasteiger partial charge is 0.266 e. The molecule has 154 valence electrons. The average molecular weight is 393 g/mol. The highest BCUT2D eigenvalue weighted by molar-refractivity contribution is 7.85. The monoisotopic (exact) mass is 392 g/mol. The average Bonchev–Trinajstić information content (AvgIpc) is 2.41. The van der Waals surface area contributed by atoms with E-state index in [-0.39, 0.29) is 36.1 Å². The molecule has 0 aliphatic carbocycles. The Morgan fingerprint density at radius 1 is 0.923 bits per heavy atom. The standard InChI is InChI=1S/C18H36N2O5S/c1-17(2,3)9-12-20(13-10-18(4,5)6)16(22)8-7-15(21)19-11-14-26(23,24)25/h7-14H2,1-6H3,(H,19,21)(H,23,24,25). The van der Waals surface area contributed by atoms with Crippen molar-refractivity contribution in [1.82, 2.24) is 10.2 Å². The molecule has 0 spiro atoms. The van der Waals surface area contributed by atoms with Crippen molar-refractivity contribution >= 4 is 21.9 Å². The summed E-state index contributed by atoms with van der Waals surface area (Å²) < 4.78 is 29.9. The highest BCUT2D eigenvalue weighted by Gasteiger charge is 2.21. The van der Waals surface area contributed by atoms with E-state index in [0.29, 0.717) is 13.1 Å². The number of carbonyl (C=O) groups is 2. The number of nitrogens with zero attached hydrogens (tertiary/aromatic N) is 1. The Morgan fingerprint density at radius 3 is 1.77 bits per heavy atom. The summed E-state index contributed by atoms with van der Waals surface area (Å²) >= 11 is 0. The van der Waals surface area contributed by atoms with Crippen LogP contribution in [0, 0.1) is 10.8 Å². The van der Waals surface area contributed by atoms with Gasteiger partial charge in [-0.1, -0.05) is 41.5 Å². The van der Waals surface area contributed by atoms with Gasteiger partial charge in [-0.15, -0.1) is 0 Å². The van der Waals surface area contributed by atoms with Crippen molar-refractivity contribution in [2.24, 2.45) is 10.8 Å². The predicted molar refractivity (Wildman–Crippen MR) is 103 cm³/mol. The zero-order valence-corrected chi connectivity index (χ0v) is 17.9. The molecule has 2 N–H and O–H groups in total. The van der Waals surface area contributed by atoms with E-state index in [4.69, 9.17) is 4.55 Å². The number of nitrogens with one attached hydrogen (secondary N) is 1. The Hall–Kier alpha value is -1.15. The van der Waals surface area contributed by atoms with Crippen LogP contribution in [0.2, 0.25) is 0 Å². The molecule has 0 aromatic heterocycles. The van der Waals surface area contributed by atoms with E-state index in [1.807, 2.05) is 4.90 Å². The number of hydrogen-bond acceptors (Lipinski definition) is 4. The maximum atomic E-state index is 12.5. The van der Waals surface area contributed by atoms with Crippen molar-refractivity contribution in [3.05, 3.63) is 0 Å². The minimum Gasteiger partial charge on any atom is -0.355 e. The van der Waals surface area contributed by atoms with Crippen molar-refractivity contribution in [3.8, 4) is 0 Å². The molecule has 0 atom stereocenters. The van der Waals surface area contributed by atoms with Gasteiger partial charge in [0.25, 0.3) is 10.1 Å². The van der Waals surface area contributed by atoms with Gasteiger partial charge in [0.15, 0.2) is 0 Å². The van der Waals surface area contributed by atoms with Crippen LogP contribution in [0.5, 0.6) is 0 Å². The third-order valence-electron chi connectivity index (χ3n) is 3.86. The van der Waals surface area contributed by atoms with E-state index in [1.165, 1.54) is 0 Å². The maximum absolute atomic E-state index is 12.5. The fourth-order valence-electron chi connectivity index (χ4n) is 2.09. The number of rotatable bonds is 10. The molecule has 2 amide bonds. The lowest BCUT2D eigenvalue weighted by Gasteiger charge is -2.29.